The second kappa shape index (κ2) is 7.19. The summed E-state index contributed by atoms with van der Waals surface area (Å²) >= 11 is 0. The fraction of sp³-hybridized carbons (Fsp3) is 0.385. The summed E-state index contributed by atoms with van der Waals surface area (Å²) in [5.41, 5.74) is 4.26. The molecule has 0 amide bonds. The van der Waals surface area contributed by atoms with Gasteiger partial charge in [-0.15, -0.1) is 0 Å². The third-order valence-electron chi connectivity index (χ3n) is 7.10. The van der Waals surface area contributed by atoms with E-state index >= 15 is 4.39 Å². The molecule has 6 heteroatoms. The van der Waals surface area contributed by atoms with Crippen molar-refractivity contribution in [1.29, 1.82) is 0 Å². The Morgan fingerprint density at radius 2 is 1.97 bits per heavy atom. The van der Waals surface area contributed by atoms with E-state index < -0.39 is 23.2 Å². The number of nitrogens with one attached hydrogen (secondary N) is 1. The first-order chi connectivity index (χ1) is 15.3. The fourth-order valence-electron chi connectivity index (χ4n) is 5.49. The number of allylic oxidation sites excluding steroid dienone is 2. The Bertz CT molecular complexity index is 1210. The van der Waals surface area contributed by atoms with E-state index in [2.05, 4.69) is 39.6 Å². The van der Waals surface area contributed by atoms with Crippen LogP contribution in [0.1, 0.15) is 44.9 Å². The molecule has 0 saturated carbocycles. The summed E-state index contributed by atoms with van der Waals surface area (Å²) in [4.78, 5) is 17.9. The lowest BCUT2D eigenvalue weighted by Gasteiger charge is -2.49. The van der Waals surface area contributed by atoms with Crippen LogP contribution in [0.4, 0.5) is 4.39 Å². The summed E-state index contributed by atoms with van der Waals surface area (Å²) in [6.45, 7) is 7.63. The molecule has 1 unspecified atom stereocenters. The highest BCUT2D eigenvalue weighted by Gasteiger charge is 2.56. The number of ketones is 1. The number of benzene rings is 1. The van der Waals surface area contributed by atoms with Crippen LogP contribution in [0.3, 0.4) is 0 Å². The molecule has 0 fully saturated rings. The highest BCUT2D eigenvalue weighted by atomic mass is 19.1. The Balaban J connectivity index is 1.76. The van der Waals surface area contributed by atoms with E-state index in [9.17, 15) is 4.79 Å². The molecule has 0 bridgehead atoms. The molecule has 1 N–H and O–H groups in total. The van der Waals surface area contributed by atoms with Gasteiger partial charge in [0.1, 0.15) is 6.17 Å². The normalized spacial score (nSPS) is 28.2. The van der Waals surface area contributed by atoms with Crippen LogP contribution in [0.25, 0.3) is 11.1 Å². The molecule has 3 heterocycles. The van der Waals surface area contributed by atoms with Crippen molar-refractivity contribution in [2.45, 2.75) is 58.3 Å². The van der Waals surface area contributed by atoms with Gasteiger partial charge in [-0.25, -0.2) is 4.39 Å². The number of aryl methyl sites for hydroxylation is 1. The summed E-state index contributed by atoms with van der Waals surface area (Å²) in [5, 5.41) is 11.7. The van der Waals surface area contributed by atoms with Crippen LogP contribution in [-0.2, 0) is 10.2 Å². The summed E-state index contributed by atoms with van der Waals surface area (Å²) in [7, 11) is 0. The van der Waals surface area contributed by atoms with Crippen molar-refractivity contribution in [2.75, 3.05) is 0 Å². The van der Waals surface area contributed by atoms with Crippen LogP contribution in [0, 0.1) is 12.3 Å². The number of azo groups is 1. The van der Waals surface area contributed by atoms with E-state index in [-0.39, 0.29) is 12.2 Å². The zero-order valence-corrected chi connectivity index (χ0v) is 18.8. The van der Waals surface area contributed by atoms with Crippen LogP contribution < -0.4 is 5.32 Å². The average Bonchev–Trinajstić information content (AvgIpc) is 3.25. The molecule has 2 aliphatic heterocycles. The third-order valence-corrected chi connectivity index (χ3v) is 7.10. The first-order valence-corrected chi connectivity index (χ1v) is 11.1. The molecule has 164 valence electrons. The number of fused-ring (bicyclic) bond motifs is 1. The summed E-state index contributed by atoms with van der Waals surface area (Å²) in [5.74, 6) is -0.00958. The van der Waals surface area contributed by atoms with Crippen molar-refractivity contribution in [3.05, 3.63) is 76.9 Å². The number of rotatable bonds is 3. The molecule has 0 saturated heterocycles. The molecule has 1 aromatic carbocycles. The Morgan fingerprint density at radius 1 is 1.19 bits per heavy atom. The lowest BCUT2D eigenvalue weighted by atomic mass is 9.58. The smallest absolute Gasteiger partial charge is 0.164 e. The minimum absolute atomic E-state index is 0.00958. The molecule has 32 heavy (non-hydrogen) atoms. The van der Waals surface area contributed by atoms with E-state index in [1.54, 1.807) is 12.4 Å². The van der Waals surface area contributed by atoms with Crippen LogP contribution in [0.5, 0.6) is 0 Å². The molecule has 0 radical (unpaired) electrons. The summed E-state index contributed by atoms with van der Waals surface area (Å²) in [6.07, 6.45) is 2.59. The van der Waals surface area contributed by atoms with Crippen LogP contribution in [0.15, 0.2) is 75.9 Å². The molecular formula is C26H27FN4O. The number of pyridine rings is 1. The Morgan fingerprint density at radius 3 is 2.72 bits per heavy atom. The SMILES string of the molecule is CC[C@]1(c2cccc(-c3ccnc(C)c3)c2)C2=CN=NC2NC2=C1C(=O)CC(C)(C)[C@H]2F. The molecule has 2 aromatic rings. The van der Waals surface area contributed by atoms with Gasteiger partial charge in [0, 0.05) is 34.9 Å². The van der Waals surface area contributed by atoms with Crippen LogP contribution >= 0.6 is 0 Å². The van der Waals surface area contributed by atoms with Crippen molar-refractivity contribution < 1.29 is 9.18 Å². The third kappa shape index (κ3) is 2.89. The molecule has 1 aromatic heterocycles. The van der Waals surface area contributed by atoms with Gasteiger partial charge in [0.2, 0.25) is 0 Å². The monoisotopic (exact) mass is 430 g/mol. The quantitative estimate of drug-likeness (QED) is 0.692. The van der Waals surface area contributed by atoms with Crippen molar-refractivity contribution in [1.82, 2.24) is 10.3 Å². The maximum absolute atomic E-state index is 15.7. The number of halogens is 1. The second-order valence-corrected chi connectivity index (χ2v) is 9.63. The van der Waals surface area contributed by atoms with Crippen LogP contribution in [-0.4, -0.2) is 23.1 Å². The molecule has 3 aliphatic rings. The molecule has 3 atom stereocenters. The van der Waals surface area contributed by atoms with Crippen molar-refractivity contribution in [2.24, 2.45) is 15.6 Å². The van der Waals surface area contributed by atoms with Gasteiger partial charge in [0.15, 0.2) is 11.9 Å². The van der Waals surface area contributed by atoms with Crippen LogP contribution in [0.2, 0.25) is 0 Å². The fourth-order valence-corrected chi connectivity index (χ4v) is 5.49. The van der Waals surface area contributed by atoms with Crippen molar-refractivity contribution in [3.63, 3.8) is 0 Å². The number of aromatic nitrogens is 1. The van der Waals surface area contributed by atoms with Gasteiger partial charge in [0.05, 0.1) is 17.3 Å². The number of Topliss-reactive ketones (excluding diaryl/α,β-unsaturated/α-hetero) is 1. The maximum Gasteiger partial charge on any atom is 0.164 e. The zero-order chi connectivity index (χ0) is 22.7. The Labute approximate surface area is 187 Å². The van der Waals surface area contributed by atoms with Gasteiger partial charge >= 0.3 is 0 Å². The zero-order valence-electron chi connectivity index (χ0n) is 18.8. The number of carbonyl (C=O) groups is 1. The minimum Gasteiger partial charge on any atom is -0.359 e. The first kappa shape index (κ1) is 20.7. The average molecular weight is 431 g/mol. The topological polar surface area (TPSA) is 66.7 Å². The molecule has 5 nitrogen and oxygen atoms in total. The van der Waals surface area contributed by atoms with E-state index in [0.29, 0.717) is 17.7 Å². The summed E-state index contributed by atoms with van der Waals surface area (Å²) in [6, 6.07) is 12.2. The number of nitrogens with zero attached hydrogens (tertiary/aromatic N) is 3. The number of alkyl halides is 1. The van der Waals surface area contributed by atoms with Gasteiger partial charge in [-0.1, -0.05) is 39.0 Å². The number of hydrogen-bond acceptors (Lipinski definition) is 5. The summed E-state index contributed by atoms with van der Waals surface area (Å²) < 4.78 is 15.7. The molecule has 1 aliphatic carbocycles. The Kier molecular flexibility index (Phi) is 4.66. The molecule has 0 spiro atoms. The molecule has 5 rings (SSSR count). The number of hydrogen-bond donors (Lipinski definition) is 1. The van der Waals surface area contributed by atoms with Crippen molar-refractivity contribution >= 4 is 5.78 Å². The van der Waals surface area contributed by atoms with Gasteiger partial charge in [0.25, 0.3) is 0 Å². The van der Waals surface area contributed by atoms with E-state index in [4.69, 9.17) is 0 Å². The highest BCUT2D eigenvalue weighted by molar-refractivity contribution is 6.02. The molecular weight excluding hydrogens is 403 g/mol. The maximum atomic E-state index is 15.7. The minimum atomic E-state index is -1.27. The van der Waals surface area contributed by atoms with E-state index in [1.165, 1.54) is 0 Å². The van der Waals surface area contributed by atoms with E-state index in [0.717, 1.165) is 28.0 Å². The predicted molar refractivity (Wildman–Crippen MR) is 122 cm³/mol. The largest absolute Gasteiger partial charge is 0.359 e. The van der Waals surface area contributed by atoms with E-state index in [1.807, 2.05) is 45.0 Å². The first-order valence-electron chi connectivity index (χ1n) is 11.1. The second-order valence-electron chi connectivity index (χ2n) is 9.63. The van der Waals surface area contributed by atoms with Gasteiger partial charge in [-0.3, -0.25) is 9.78 Å². The highest BCUT2D eigenvalue weighted by Crippen LogP contribution is 2.54. The van der Waals surface area contributed by atoms with Gasteiger partial charge in [-0.05, 0) is 48.2 Å². The standard InChI is InChI=1S/C26H27FN4O/c1-5-26(18-8-6-7-16(12-18)17-9-10-28-15(2)11-17)19-14-29-31-24(19)30-22-21(26)20(32)13-25(3,4)23(22)27/h6-12,14,23-24,30H,5,13H2,1-4H3/t23-,24?,26-/m0/s1. The lowest BCUT2D eigenvalue weighted by Crippen LogP contribution is -2.55. The van der Waals surface area contributed by atoms with Gasteiger partial charge < -0.3 is 5.32 Å². The number of carbonyl (C=O) groups excluding carboxylic acids is 1. The Hall–Kier alpha value is -3.15. The lowest BCUT2D eigenvalue weighted by molar-refractivity contribution is -0.120. The predicted octanol–water partition coefficient (Wildman–Crippen LogP) is 5.58. The van der Waals surface area contributed by atoms with Gasteiger partial charge in [-0.2, -0.15) is 10.2 Å². The van der Waals surface area contributed by atoms with Crippen molar-refractivity contribution in [3.8, 4) is 11.1 Å².